The molecule has 0 saturated heterocycles. The van der Waals surface area contributed by atoms with E-state index in [1.54, 1.807) is 0 Å². The summed E-state index contributed by atoms with van der Waals surface area (Å²) in [5.41, 5.74) is 2.95. The largest absolute Gasteiger partial charge is 1.00 e. The van der Waals surface area contributed by atoms with Crippen LogP contribution in [0.3, 0.4) is 0 Å². The number of aromatic nitrogens is 2. The molecule has 0 amide bonds. The molecular weight excluding hydrogens is 543 g/mol. The molecule has 4 heteroatoms. The van der Waals surface area contributed by atoms with Crippen molar-refractivity contribution in [3.63, 3.8) is 0 Å². The van der Waals surface area contributed by atoms with Crippen molar-refractivity contribution in [2.45, 2.75) is 175 Å². The van der Waals surface area contributed by atoms with Crippen molar-refractivity contribution < 1.29 is 33.9 Å². The monoisotopic (exact) mass is 606 g/mol. The summed E-state index contributed by atoms with van der Waals surface area (Å²) in [7, 11) is 0. The molecule has 0 radical (unpaired) electrons. The molecule has 0 unspecified atom stereocenters. The minimum Gasteiger partial charge on any atom is -1.00 e. The third-order valence-electron chi connectivity index (χ3n) is 8.39. The maximum absolute atomic E-state index is 2.37. The van der Waals surface area contributed by atoms with E-state index in [-0.39, 0.29) is 24.8 Å². The van der Waals surface area contributed by atoms with E-state index in [0.29, 0.717) is 0 Å². The highest BCUT2D eigenvalue weighted by Gasteiger charge is 2.04. The second-order valence-corrected chi connectivity index (χ2v) is 12.1. The third kappa shape index (κ3) is 22.1. The van der Waals surface area contributed by atoms with Crippen LogP contribution < -0.4 is 33.9 Å². The van der Waals surface area contributed by atoms with Crippen LogP contribution in [-0.4, -0.2) is 0 Å². The molecule has 2 heterocycles. The van der Waals surface area contributed by atoms with Crippen molar-refractivity contribution in [2.75, 3.05) is 0 Å². The van der Waals surface area contributed by atoms with Gasteiger partial charge in [0, 0.05) is 37.1 Å². The van der Waals surface area contributed by atoms with Crippen LogP contribution in [0.25, 0.3) is 0 Å². The van der Waals surface area contributed by atoms with Gasteiger partial charge in [0.05, 0.1) is 0 Å². The number of pyridine rings is 2. The second kappa shape index (κ2) is 29.0. The first-order chi connectivity index (χ1) is 19.3. The lowest BCUT2D eigenvalue weighted by molar-refractivity contribution is -0.697. The number of unbranched alkanes of at least 4 members (excludes halogenated alkanes) is 18. The maximum atomic E-state index is 2.37. The molecule has 0 bridgehead atoms. The first-order valence-corrected chi connectivity index (χ1v) is 17.3. The number of hydrogen-bond donors (Lipinski definition) is 0. The highest BCUT2D eigenvalue weighted by atomic mass is 35.5. The zero-order chi connectivity index (χ0) is 27.6. The first-order valence-electron chi connectivity index (χ1n) is 17.3. The van der Waals surface area contributed by atoms with E-state index in [1.807, 2.05) is 0 Å². The van der Waals surface area contributed by atoms with Crippen LogP contribution in [-0.2, 0) is 25.9 Å². The Hall–Kier alpha value is -1.12. The fourth-order valence-corrected chi connectivity index (χ4v) is 5.67. The Morgan fingerprint density at radius 3 is 0.927 bits per heavy atom. The highest BCUT2D eigenvalue weighted by molar-refractivity contribution is 5.10. The molecule has 0 atom stereocenters. The zero-order valence-electron chi connectivity index (χ0n) is 26.9. The Morgan fingerprint density at radius 2 is 0.634 bits per heavy atom. The van der Waals surface area contributed by atoms with Crippen molar-refractivity contribution in [3.8, 4) is 0 Å². The molecule has 0 spiro atoms. The Labute approximate surface area is 268 Å². The zero-order valence-corrected chi connectivity index (χ0v) is 28.5. The molecule has 236 valence electrons. The number of hydrogen-bond acceptors (Lipinski definition) is 0. The van der Waals surface area contributed by atoms with Crippen molar-refractivity contribution in [2.24, 2.45) is 0 Å². The molecule has 41 heavy (non-hydrogen) atoms. The average Bonchev–Trinajstić information content (AvgIpc) is 2.96. The lowest BCUT2D eigenvalue weighted by Gasteiger charge is -2.04. The average molecular weight is 608 g/mol. The number of nitrogens with zero attached hydrogens (tertiary/aromatic N) is 2. The van der Waals surface area contributed by atoms with Crippen LogP contribution in [0.1, 0.15) is 160 Å². The van der Waals surface area contributed by atoms with Gasteiger partial charge in [0.25, 0.3) is 0 Å². The van der Waals surface area contributed by atoms with E-state index in [0.717, 1.165) is 0 Å². The van der Waals surface area contributed by atoms with E-state index in [2.05, 4.69) is 72.0 Å². The Bertz CT molecular complexity index is 724. The summed E-state index contributed by atoms with van der Waals surface area (Å²) >= 11 is 0. The van der Waals surface area contributed by atoms with Gasteiger partial charge in [0.15, 0.2) is 24.8 Å². The molecule has 2 aromatic rings. The SMILES string of the molecule is CCCCCCCCCCCC[n+]1ccc(CCCc2cc[n+](CCCCCCCCCCCC)cc2)cc1.[Cl-].[Cl-]. The van der Waals surface area contributed by atoms with Gasteiger partial charge in [-0.2, -0.15) is 0 Å². The van der Waals surface area contributed by atoms with Gasteiger partial charge in [-0.1, -0.05) is 117 Å². The van der Waals surface area contributed by atoms with Crippen molar-refractivity contribution >= 4 is 0 Å². The normalized spacial score (nSPS) is 10.8. The van der Waals surface area contributed by atoms with Crippen molar-refractivity contribution in [1.29, 1.82) is 0 Å². The third-order valence-corrected chi connectivity index (χ3v) is 8.39. The summed E-state index contributed by atoms with van der Waals surface area (Å²) in [6.07, 6.45) is 40.9. The molecule has 0 aliphatic heterocycles. The highest BCUT2D eigenvalue weighted by Crippen LogP contribution is 2.12. The number of rotatable bonds is 26. The van der Waals surface area contributed by atoms with Gasteiger partial charge in [0.2, 0.25) is 0 Å². The van der Waals surface area contributed by atoms with Crippen LogP contribution >= 0.6 is 0 Å². The lowest BCUT2D eigenvalue weighted by atomic mass is 10.1. The summed E-state index contributed by atoms with van der Waals surface area (Å²) in [4.78, 5) is 0. The molecule has 0 N–H and O–H groups in total. The van der Waals surface area contributed by atoms with E-state index in [9.17, 15) is 0 Å². The number of aryl methyl sites for hydroxylation is 4. The summed E-state index contributed by atoms with van der Waals surface area (Å²) in [6.45, 7) is 6.93. The van der Waals surface area contributed by atoms with Gasteiger partial charge in [-0.25, -0.2) is 9.13 Å². The topological polar surface area (TPSA) is 7.76 Å². The smallest absolute Gasteiger partial charge is 0.169 e. The molecule has 0 fully saturated rings. The van der Waals surface area contributed by atoms with Crippen LogP contribution in [0.2, 0.25) is 0 Å². The maximum Gasteiger partial charge on any atom is 0.169 e. The standard InChI is InChI=1S/C37H64N2.2ClH/c1-3-5-7-9-11-13-15-17-19-21-30-38-32-26-36(27-33-38)24-23-25-37-28-34-39(35-29-37)31-22-20-18-16-14-12-10-8-6-4-2;;/h26-29,32-35H,3-25,30-31H2,1-2H3;2*1H/q+2;;/p-2. The van der Waals surface area contributed by atoms with E-state index in [1.165, 1.54) is 172 Å². The summed E-state index contributed by atoms with van der Waals surface area (Å²) in [6, 6.07) is 9.34. The van der Waals surface area contributed by atoms with E-state index >= 15 is 0 Å². The van der Waals surface area contributed by atoms with Gasteiger partial charge < -0.3 is 24.8 Å². The molecular formula is C37H64Cl2N2. The van der Waals surface area contributed by atoms with Crippen LogP contribution in [0.5, 0.6) is 0 Å². The Morgan fingerprint density at radius 1 is 0.366 bits per heavy atom. The molecule has 0 saturated carbocycles. The molecule has 2 rings (SSSR count). The molecule has 2 aromatic heterocycles. The van der Waals surface area contributed by atoms with Crippen LogP contribution in [0.4, 0.5) is 0 Å². The van der Waals surface area contributed by atoms with E-state index < -0.39 is 0 Å². The van der Waals surface area contributed by atoms with Gasteiger partial charge in [0.1, 0.15) is 13.1 Å². The van der Waals surface area contributed by atoms with E-state index in [4.69, 9.17) is 0 Å². The molecule has 2 nitrogen and oxygen atoms in total. The summed E-state index contributed by atoms with van der Waals surface area (Å²) < 4.78 is 4.75. The van der Waals surface area contributed by atoms with Crippen LogP contribution in [0.15, 0.2) is 49.1 Å². The van der Waals surface area contributed by atoms with Crippen LogP contribution in [0, 0.1) is 0 Å². The molecule has 0 aliphatic rings. The first kappa shape index (κ1) is 39.9. The van der Waals surface area contributed by atoms with Crippen molar-refractivity contribution in [1.82, 2.24) is 0 Å². The van der Waals surface area contributed by atoms with Gasteiger partial charge in [-0.15, -0.1) is 0 Å². The fraction of sp³-hybridized carbons (Fsp3) is 0.730. The molecule has 0 aliphatic carbocycles. The summed E-state index contributed by atoms with van der Waals surface area (Å²) in [5.74, 6) is 0. The number of halogens is 2. The second-order valence-electron chi connectivity index (χ2n) is 12.1. The minimum atomic E-state index is 0. The fourth-order valence-electron chi connectivity index (χ4n) is 5.67. The lowest BCUT2D eigenvalue weighted by Crippen LogP contribution is -3.00. The summed E-state index contributed by atoms with van der Waals surface area (Å²) in [5, 5.41) is 0. The predicted molar refractivity (Wildman–Crippen MR) is 169 cm³/mol. The predicted octanol–water partition coefficient (Wildman–Crippen LogP) is 4.29. The van der Waals surface area contributed by atoms with Gasteiger partial charge in [-0.05, 0) is 43.2 Å². The Balaban J connectivity index is 0.00000800. The minimum absolute atomic E-state index is 0. The Kier molecular flexibility index (Phi) is 28.2. The van der Waals surface area contributed by atoms with Crippen molar-refractivity contribution in [3.05, 3.63) is 60.2 Å². The van der Waals surface area contributed by atoms with Gasteiger partial charge in [-0.3, -0.25) is 0 Å². The molecule has 0 aromatic carbocycles. The van der Waals surface area contributed by atoms with Gasteiger partial charge >= 0.3 is 0 Å². The quantitative estimate of drug-likeness (QED) is 0.111.